The molecule has 0 heterocycles. The van der Waals surface area contributed by atoms with Crippen LogP contribution in [0.3, 0.4) is 0 Å². The summed E-state index contributed by atoms with van der Waals surface area (Å²) in [6, 6.07) is 11.1. The Morgan fingerprint density at radius 1 is 1.29 bits per heavy atom. The first-order chi connectivity index (χ1) is 8.31. The van der Waals surface area contributed by atoms with E-state index in [0.29, 0.717) is 24.5 Å². The highest BCUT2D eigenvalue weighted by Crippen LogP contribution is 2.25. The van der Waals surface area contributed by atoms with E-state index < -0.39 is 0 Å². The number of hydrogen-bond acceptors (Lipinski definition) is 2. The van der Waals surface area contributed by atoms with Crippen LogP contribution in [0.5, 0.6) is 0 Å². The van der Waals surface area contributed by atoms with Crippen LogP contribution < -0.4 is 5.32 Å². The van der Waals surface area contributed by atoms with E-state index >= 15 is 0 Å². The Morgan fingerprint density at radius 3 is 2.76 bits per heavy atom. The molecule has 0 aromatic heterocycles. The quantitative estimate of drug-likeness (QED) is 0.819. The van der Waals surface area contributed by atoms with Gasteiger partial charge < -0.3 is 10.4 Å². The summed E-state index contributed by atoms with van der Waals surface area (Å²) in [5, 5.41) is 12.9. The van der Waals surface area contributed by atoms with E-state index in [9.17, 15) is 5.11 Å². The summed E-state index contributed by atoms with van der Waals surface area (Å²) in [6.45, 7) is 3.59. The van der Waals surface area contributed by atoms with Gasteiger partial charge in [0.1, 0.15) is 0 Å². The van der Waals surface area contributed by atoms with Crippen molar-refractivity contribution in [3.8, 4) is 0 Å². The van der Waals surface area contributed by atoms with Gasteiger partial charge in [-0.3, -0.25) is 0 Å². The lowest BCUT2D eigenvalue weighted by Gasteiger charge is -2.21. The Balaban J connectivity index is 1.82. The van der Waals surface area contributed by atoms with E-state index in [-0.39, 0.29) is 0 Å². The number of benzene rings is 1. The SMILES string of the molecule is CC(CNC1CCCC1CO)c1ccccc1. The van der Waals surface area contributed by atoms with E-state index in [1.807, 2.05) is 0 Å². The number of hydrogen-bond donors (Lipinski definition) is 2. The third kappa shape index (κ3) is 3.30. The molecule has 0 saturated heterocycles. The topological polar surface area (TPSA) is 32.3 Å². The van der Waals surface area contributed by atoms with E-state index in [0.717, 1.165) is 6.54 Å². The predicted molar refractivity (Wildman–Crippen MR) is 71.1 cm³/mol. The molecule has 1 aliphatic carbocycles. The maximum absolute atomic E-state index is 9.28. The van der Waals surface area contributed by atoms with Gasteiger partial charge in [0, 0.05) is 19.2 Å². The summed E-state index contributed by atoms with van der Waals surface area (Å²) in [7, 11) is 0. The maximum atomic E-state index is 9.28. The number of nitrogens with one attached hydrogen (secondary N) is 1. The minimum Gasteiger partial charge on any atom is -0.396 e. The molecule has 2 N–H and O–H groups in total. The van der Waals surface area contributed by atoms with Crippen LogP contribution in [-0.4, -0.2) is 24.3 Å². The first kappa shape index (κ1) is 12.6. The van der Waals surface area contributed by atoms with Gasteiger partial charge >= 0.3 is 0 Å². The molecule has 0 bridgehead atoms. The van der Waals surface area contributed by atoms with Crippen molar-refractivity contribution in [3.63, 3.8) is 0 Å². The van der Waals surface area contributed by atoms with Crippen molar-refractivity contribution >= 4 is 0 Å². The van der Waals surface area contributed by atoms with E-state index in [4.69, 9.17) is 0 Å². The van der Waals surface area contributed by atoms with Crippen molar-refractivity contribution in [2.45, 2.75) is 38.1 Å². The van der Waals surface area contributed by atoms with Gasteiger partial charge in [0.25, 0.3) is 0 Å². The zero-order valence-electron chi connectivity index (χ0n) is 10.6. The van der Waals surface area contributed by atoms with Crippen molar-refractivity contribution in [1.29, 1.82) is 0 Å². The van der Waals surface area contributed by atoms with Crippen molar-refractivity contribution in [2.24, 2.45) is 5.92 Å². The fourth-order valence-corrected chi connectivity index (χ4v) is 2.75. The van der Waals surface area contributed by atoms with Crippen LogP contribution in [0.15, 0.2) is 30.3 Å². The molecular weight excluding hydrogens is 210 g/mol. The standard InChI is InChI=1S/C15H23NO/c1-12(13-6-3-2-4-7-13)10-16-15-9-5-8-14(15)11-17/h2-4,6-7,12,14-17H,5,8-11H2,1H3. The number of aliphatic hydroxyl groups excluding tert-OH is 1. The molecule has 1 saturated carbocycles. The van der Waals surface area contributed by atoms with Crippen LogP contribution >= 0.6 is 0 Å². The molecular formula is C15H23NO. The molecule has 94 valence electrons. The predicted octanol–water partition coefficient (Wildman–Crippen LogP) is 2.54. The summed E-state index contributed by atoms with van der Waals surface area (Å²) in [6.07, 6.45) is 3.64. The highest BCUT2D eigenvalue weighted by molar-refractivity contribution is 5.19. The third-order valence-electron chi connectivity index (χ3n) is 3.95. The fourth-order valence-electron chi connectivity index (χ4n) is 2.75. The zero-order valence-corrected chi connectivity index (χ0v) is 10.6. The average molecular weight is 233 g/mol. The van der Waals surface area contributed by atoms with Crippen molar-refractivity contribution < 1.29 is 5.11 Å². The third-order valence-corrected chi connectivity index (χ3v) is 3.95. The molecule has 2 rings (SSSR count). The summed E-state index contributed by atoms with van der Waals surface area (Å²) in [5.74, 6) is 1.01. The maximum Gasteiger partial charge on any atom is 0.0474 e. The molecule has 0 spiro atoms. The molecule has 3 atom stereocenters. The monoisotopic (exact) mass is 233 g/mol. The zero-order chi connectivity index (χ0) is 12.1. The lowest BCUT2D eigenvalue weighted by atomic mass is 9.99. The molecule has 2 heteroatoms. The second-order valence-corrected chi connectivity index (χ2v) is 5.20. The smallest absolute Gasteiger partial charge is 0.0474 e. The van der Waals surface area contributed by atoms with Gasteiger partial charge in [-0.2, -0.15) is 0 Å². The van der Waals surface area contributed by atoms with Crippen molar-refractivity contribution in [3.05, 3.63) is 35.9 Å². The Labute approximate surface area is 104 Å². The van der Waals surface area contributed by atoms with Crippen molar-refractivity contribution in [2.75, 3.05) is 13.2 Å². The van der Waals surface area contributed by atoms with Crippen LogP contribution in [0.25, 0.3) is 0 Å². The van der Waals surface area contributed by atoms with Gasteiger partial charge in [-0.15, -0.1) is 0 Å². The molecule has 17 heavy (non-hydrogen) atoms. The van der Waals surface area contributed by atoms with Crippen molar-refractivity contribution in [1.82, 2.24) is 5.32 Å². The number of rotatable bonds is 5. The Kier molecular flexibility index (Phi) is 4.57. The lowest BCUT2D eigenvalue weighted by molar-refractivity contribution is 0.205. The fraction of sp³-hybridized carbons (Fsp3) is 0.600. The number of aliphatic hydroxyl groups is 1. The highest BCUT2D eigenvalue weighted by atomic mass is 16.3. The van der Waals surface area contributed by atoms with Gasteiger partial charge in [-0.1, -0.05) is 43.7 Å². The van der Waals surface area contributed by atoms with Crippen LogP contribution in [0, 0.1) is 5.92 Å². The minimum absolute atomic E-state index is 0.331. The molecule has 3 unspecified atom stereocenters. The summed E-state index contributed by atoms with van der Waals surface area (Å²) in [4.78, 5) is 0. The van der Waals surface area contributed by atoms with Gasteiger partial charge in [-0.25, -0.2) is 0 Å². The Morgan fingerprint density at radius 2 is 2.06 bits per heavy atom. The largest absolute Gasteiger partial charge is 0.396 e. The average Bonchev–Trinajstić information content (AvgIpc) is 2.84. The lowest BCUT2D eigenvalue weighted by Crippen LogP contribution is -2.36. The second kappa shape index (κ2) is 6.18. The summed E-state index contributed by atoms with van der Waals surface area (Å²) < 4.78 is 0. The molecule has 1 aromatic rings. The highest BCUT2D eigenvalue weighted by Gasteiger charge is 2.26. The van der Waals surface area contributed by atoms with E-state index in [2.05, 4.69) is 42.6 Å². The van der Waals surface area contributed by atoms with Crippen LogP contribution in [0.2, 0.25) is 0 Å². The summed E-state index contributed by atoms with van der Waals surface area (Å²) in [5.41, 5.74) is 1.39. The van der Waals surface area contributed by atoms with Gasteiger partial charge in [0.05, 0.1) is 0 Å². The van der Waals surface area contributed by atoms with Crippen LogP contribution in [-0.2, 0) is 0 Å². The molecule has 0 amide bonds. The van der Waals surface area contributed by atoms with E-state index in [1.165, 1.54) is 24.8 Å². The van der Waals surface area contributed by atoms with Gasteiger partial charge in [-0.05, 0) is 30.2 Å². The molecule has 1 aliphatic rings. The molecule has 1 aromatic carbocycles. The molecule has 2 nitrogen and oxygen atoms in total. The Bertz CT molecular complexity index is 325. The van der Waals surface area contributed by atoms with Crippen LogP contribution in [0.1, 0.15) is 37.7 Å². The van der Waals surface area contributed by atoms with Gasteiger partial charge in [0.2, 0.25) is 0 Å². The molecule has 1 fully saturated rings. The minimum atomic E-state index is 0.331. The van der Waals surface area contributed by atoms with E-state index in [1.54, 1.807) is 0 Å². The Hall–Kier alpha value is -0.860. The first-order valence-corrected chi connectivity index (χ1v) is 6.70. The van der Waals surface area contributed by atoms with Crippen LogP contribution in [0.4, 0.5) is 0 Å². The summed E-state index contributed by atoms with van der Waals surface area (Å²) >= 11 is 0. The molecule has 0 aliphatic heterocycles. The first-order valence-electron chi connectivity index (χ1n) is 6.70. The molecule has 0 radical (unpaired) electrons. The van der Waals surface area contributed by atoms with Gasteiger partial charge in [0.15, 0.2) is 0 Å². The second-order valence-electron chi connectivity index (χ2n) is 5.20. The normalized spacial score (nSPS) is 26.0.